The van der Waals surface area contributed by atoms with Crippen LogP contribution in [0.5, 0.6) is 0 Å². The first-order valence-corrected chi connectivity index (χ1v) is 6.01. The molecule has 0 spiro atoms. The first-order valence-electron chi connectivity index (χ1n) is 5.13. The van der Waals surface area contributed by atoms with Crippen molar-refractivity contribution >= 4 is 11.3 Å². The molecule has 14 heavy (non-hydrogen) atoms. The van der Waals surface area contributed by atoms with Crippen molar-refractivity contribution in [2.24, 2.45) is 5.73 Å². The summed E-state index contributed by atoms with van der Waals surface area (Å²) in [4.78, 5) is 4.67. The fourth-order valence-corrected chi connectivity index (χ4v) is 2.58. The van der Waals surface area contributed by atoms with Gasteiger partial charge in [0.05, 0.1) is 10.7 Å². The fraction of sp³-hybridized carbons (Fsp3) is 0.727. The summed E-state index contributed by atoms with van der Waals surface area (Å²) in [6.45, 7) is 6.39. The van der Waals surface area contributed by atoms with E-state index < -0.39 is 0 Å². The van der Waals surface area contributed by atoms with E-state index in [0.29, 0.717) is 5.41 Å². The molecule has 0 radical (unpaired) electrons. The average molecular weight is 210 g/mol. The van der Waals surface area contributed by atoms with Crippen LogP contribution in [0, 0.1) is 0 Å². The molecule has 0 atom stereocenters. The minimum atomic E-state index is -0.143. The highest BCUT2D eigenvalue weighted by Gasteiger charge is 2.41. The maximum Gasteiger partial charge on any atom is 0.0987 e. The van der Waals surface area contributed by atoms with Gasteiger partial charge in [-0.2, -0.15) is 0 Å². The van der Waals surface area contributed by atoms with Crippen LogP contribution in [0.4, 0.5) is 0 Å². The number of hydrogen-bond acceptors (Lipinski definition) is 3. The molecule has 1 fully saturated rings. The van der Waals surface area contributed by atoms with E-state index in [0.717, 1.165) is 12.1 Å². The number of hydrogen-bond donors (Lipinski definition) is 1. The quantitative estimate of drug-likeness (QED) is 0.832. The predicted octanol–water partition coefficient (Wildman–Crippen LogP) is 2.47. The van der Waals surface area contributed by atoms with Crippen molar-refractivity contribution < 1.29 is 0 Å². The molecule has 2 N–H and O–H groups in total. The number of thiazole rings is 1. The van der Waals surface area contributed by atoms with Crippen LogP contribution in [0.15, 0.2) is 5.38 Å². The molecule has 2 nitrogen and oxygen atoms in total. The van der Waals surface area contributed by atoms with Crippen LogP contribution in [0.25, 0.3) is 0 Å². The van der Waals surface area contributed by atoms with Gasteiger partial charge < -0.3 is 5.73 Å². The third-order valence-electron chi connectivity index (χ3n) is 2.70. The summed E-state index contributed by atoms with van der Waals surface area (Å²) in [6.07, 6.45) is 3.47. The molecule has 0 unspecified atom stereocenters. The Kier molecular flexibility index (Phi) is 2.20. The van der Waals surface area contributed by atoms with E-state index in [9.17, 15) is 0 Å². The SMILES string of the molecule is CC(C)(N)Cc1csc(C2(C)CC2)n1. The Morgan fingerprint density at radius 3 is 2.71 bits per heavy atom. The Morgan fingerprint density at radius 2 is 2.21 bits per heavy atom. The standard InChI is InChI=1S/C11H18N2S/c1-10(2,12)6-8-7-14-9(13-8)11(3)4-5-11/h7H,4-6,12H2,1-3H3. The lowest BCUT2D eigenvalue weighted by molar-refractivity contribution is 0.510. The molecule has 0 amide bonds. The number of aromatic nitrogens is 1. The Bertz CT molecular complexity index is 331. The summed E-state index contributed by atoms with van der Waals surface area (Å²) in [5, 5.41) is 3.46. The van der Waals surface area contributed by atoms with E-state index in [1.165, 1.54) is 17.8 Å². The highest BCUT2D eigenvalue weighted by Crippen LogP contribution is 2.48. The highest BCUT2D eigenvalue weighted by atomic mass is 32.1. The third-order valence-corrected chi connectivity index (χ3v) is 3.90. The molecular weight excluding hydrogens is 192 g/mol. The Morgan fingerprint density at radius 1 is 1.57 bits per heavy atom. The topological polar surface area (TPSA) is 38.9 Å². The summed E-state index contributed by atoms with van der Waals surface area (Å²) in [5.74, 6) is 0. The third kappa shape index (κ3) is 2.15. The van der Waals surface area contributed by atoms with Gasteiger partial charge >= 0.3 is 0 Å². The second kappa shape index (κ2) is 3.04. The molecule has 3 heteroatoms. The van der Waals surface area contributed by atoms with Crippen LogP contribution in [0.1, 0.15) is 44.3 Å². The van der Waals surface area contributed by atoms with Gasteiger partial charge in [0.15, 0.2) is 0 Å². The molecule has 0 bridgehead atoms. The second-order valence-electron chi connectivity index (χ2n) is 5.37. The van der Waals surface area contributed by atoms with Crippen LogP contribution in [0.3, 0.4) is 0 Å². The molecule has 1 saturated carbocycles. The number of nitrogens with zero attached hydrogens (tertiary/aromatic N) is 1. The van der Waals surface area contributed by atoms with Crippen LogP contribution < -0.4 is 5.73 Å². The van der Waals surface area contributed by atoms with Gasteiger partial charge in [0.25, 0.3) is 0 Å². The summed E-state index contributed by atoms with van der Waals surface area (Å²) in [5.41, 5.74) is 7.39. The van der Waals surface area contributed by atoms with E-state index in [-0.39, 0.29) is 5.54 Å². The second-order valence-corrected chi connectivity index (χ2v) is 6.23. The van der Waals surface area contributed by atoms with E-state index in [1.807, 2.05) is 13.8 Å². The van der Waals surface area contributed by atoms with E-state index in [1.54, 1.807) is 11.3 Å². The van der Waals surface area contributed by atoms with Crippen LogP contribution in [0.2, 0.25) is 0 Å². The Labute approximate surface area is 89.5 Å². The summed E-state index contributed by atoms with van der Waals surface area (Å²) < 4.78 is 0. The zero-order valence-electron chi connectivity index (χ0n) is 9.13. The minimum Gasteiger partial charge on any atom is -0.325 e. The number of nitrogens with two attached hydrogens (primary N) is 1. The molecule has 2 rings (SSSR count). The molecule has 1 aliphatic rings. The van der Waals surface area contributed by atoms with Crippen molar-refractivity contribution in [2.75, 3.05) is 0 Å². The van der Waals surface area contributed by atoms with Gasteiger partial charge in [-0.3, -0.25) is 0 Å². The molecule has 1 heterocycles. The molecule has 0 aromatic carbocycles. The fourth-order valence-electron chi connectivity index (χ4n) is 1.53. The van der Waals surface area contributed by atoms with E-state index in [4.69, 9.17) is 5.73 Å². The largest absolute Gasteiger partial charge is 0.325 e. The lowest BCUT2D eigenvalue weighted by atomic mass is 10.0. The maximum atomic E-state index is 5.97. The van der Waals surface area contributed by atoms with Crippen molar-refractivity contribution in [3.05, 3.63) is 16.1 Å². The van der Waals surface area contributed by atoms with Crippen molar-refractivity contribution in [1.29, 1.82) is 0 Å². The average Bonchev–Trinajstić information content (AvgIpc) is 2.60. The number of rotatable bonds is 3. The molecule has 1 aliphatic carbocycles. The summed E-state index contributed by atoms with van der Waals surface area (Å²) >= 11 is 1.79. The maximum absolute atomic E-state index is 5.97. The molecule has 1 aromatic heterocycles. The molecule has 78 valence electrons. The zero-order chi connectivity index (χ0) is 10.4. The van der Waals surface area contributed by atoms with Crippen molar-refractivity contribution in [3.63, 3.8) is 0 Å². The molecular formula is C11H18N2S. The van der Waals surface area contributed by atoms with Crippen LogP contribution in [-0.4, -0.2) is 10.5 Å². The van der Waals surface area contributed by atoms with Crippen LogP contribution in [-0.2, 0) is 11.8 Å². The van der Waals surface area contributed by atoms with Gasteiger partial charge in [0, 0.05) is 22.8 Å². The highest BCUT2D eigenvalue weighted by molar-refractivity contribution is 7.09. The van der Waals surface area contributed by atoms with Crippen LogP contribution >= 0.6 is 11.3 Å². The normalized spacial score (nSPS) is 19.7. The molecule has 1 aromatic rings. The van der Waals surface area contributed by atoms with E-state index in [2.05, 4.69) is 17.3 Å². The Balaban J connectivity index is 2.11. The van der Waals surface area contributed by atoms with Gasteiger partial charge in [-0.15, -0.1) is 11.3 Å². The summed E-state index contributed by atoms with van der Waals surface area (Å²) in [7, 11) is 0. The van der Waals surface area contributed by atoms with Crippen molar-refractivity contribution in [1.82, 2.24) is 4.98 Å². The molecule has 0 saturated heterocycles. The van der Waals surface area contributed by atoms with E-state index >= 15 is 0 Å². The lowest BCUT2D eigenvalue weighted by Gasteiger charge is -2.16. The zero-order valence-corrected chi connectivity index (χ0v) is 9.95. The van der Waals surface area contributed by atoms with Crippen molar-refractivity contribution in [2.45, 2.75) is 51.0 Å². The van der Waals surface area contributed by atoms with Crippen molar-refractivity contribution in [3.8, 4) is 0 Å². The van der Waals surface area contributed by atoms with Gasteiger partial charge in [0.2, 0.25) is 0 Å². The summed E-state index contributed by atoms with van der Waals surface area (Å²) in [6, 6.07) is 0. The monoisotopic (exact) mass is 210 g/mol. The predicted molar refractivity (Wildman–Crippen MR) is 60.7 cm³/mol. The first-order chi connectivity index (χ1) is 6.39. The lowest BCUT2D eigenvalue weighted by Crippen LogP contribution is -2.34. The Hall–Kier alpha value is -0.410. The minimum absolute atomic E-state index is 0.143. The smallest absolute Gasteiger partial charge is 0.0987 e. The van der Waals surface area contributed by atoms with Gasteiger partial charge in [-0.25, -0.2) is 4.98 Å². The van der Waals surface area contributed by atoms with Gasteiger partial charge in [0.1, 0.15) is 0 Å². The van der Waals surface area contributed by atoms with Gasteiger partial charge in [-0.05, 0) is 26.7 Å². The first kappa shape index (κ1) is 10.1. The molecule has 0 aliphatic heterocycles. The van der Waals surface area contributed by atoms with Gasteiger partial charge in [-0.1, -0.05) is 6.92 Å².